The fourth-order valence-corrected chi connectivity index (χ4v) is 2.56. The number of tetrazole rings is 1. The number of hydrogen-bond acceptors (Lipinski definition) is 7. The first-order valence-corrected chi connectivity index (χ1v) is 6.84. The Balaban J connectivity index is 1.79. The Bertz CT molecular complexity index is 689. The van der Waals surface area contributed by atoms with Crippen molar-refractivity contribution in [1.29, 1.82) is 0 Å². The Labute approximate surface area is 113 Å². The molecule has 3 heterocycles. The number of hydrogen-bond donors (Lipinski definition) is 1. The van der Waals surface area contributed by atoms with E-state index >= 15 is 0 Å². The lowest BCUT2D eigenvalue weighted by molar-refractivity contribution is 0.727. The number of thiazole rings is 1. The largest absolute Gasteiger partial charge is 0.360 e. The minimum Gasteiger partial charge on any atom is -0.360 e. The van der Waals surface area contributed by atoms with Crippen molar-refractivity contribution in [3.8, 4) is 0 Å². The molecule has 7 nitrogen and oxygen atoms in total. The molecule has 19 heavy (non-hydrogen) atoms. The lowest BCUT2D eigenvalue weighted by Crippen LogP contribution is -2.09. The number of anilines is 1. The molecule has 8 heteroatoms. The molecular formula is C11H13N7S. The fourth-order valence-electron chi connectivity index (χ4n) is 1.70. The third-order valence-electron chi connectivity index (χ3n) is 2.72. The summed E-state index contributed by atoms with van der Waals surface area (Å²) in [6.07, 6.45) is 2.94. The molecule has 1 N–H and O–H groups in total. The predicted molar refractivity (Wildman–Crippen MR) is 72.1 cm³/mol. The lowest BCUT2D eigenvalue weighted by Gasteiger charge is -2.11. The Kier molecular flexibility index (Phi) is 3.08. The highest BCUT2D eigenvalue weighted by atomic mass is 32.1. The van der Waals surface area contributed by atoms with Crippen molar-refractivity contribution in [2.24, 2.45) is 0 Å². The van der Waals surface area contributed by atoms with Gasteiger partial charge in [-0.05, 0) is 35.9 Å². The quantitative estimate of drug-likeness (QED) is 0.780. The molecule has 98 valence electrons. The molecule has 3 rings (SSSR count). The number of rotatable bonds is 4. The highest BCUT2D eigenvalue weighted by Gasteiger charge is 2.11. The van der Waals surface area contributed by atoms with Crippen LogP contribution < -0.4 is 5.32 Å². The maximum atomic E-state index is 4.42. The van der Waals surface area contributed by atoms with Crippen molar-refractivity contribution in [3.05, 3.63) is 28.2 Å². The van der Waals surface area contributed by atoms with Crippen LogP contribution in [0.3, 0.4) is 0 Å². The van der Waals surface area contributed by atoms with Crippen LogP contribution in [-0.2, 0) is 6.42 Å². The van der Waals surface area contributed by atoms with E-state index in [1.54, 1.807) is 11.3 Å². The predicted octanol–water partition coefficient (Wildman–Crippen LogP) is 1.71. The van der Waals surface area contributed by atoms with Gasteiger partial charge in [0, 0.05) is 11.1 Å². The summed E-state index contributed by atoms with van der Waals surface area (Å²) in [4.78, 5) is 5.70. The summed E-state index contributed by atoms with van der Waals surface area (Å²) >= 11 is 1.72. The van der Waals surface area contributed by atoms with Gasteiger partial charge in [-0.25, -0.2) is 4.98 Å². The molecule has 0 aliphatic carbocycles. The molecule has 0 spiro atoms. The van der Waals surface area contributed by atoms with E-state index in [0.717, 1.165) is 17.2 Å². The Hall–Kier alpha value is -2.09. The van der Waals surface area contributed by atoms with Crippen LogP contribution in [0, 0.1) is 0 Å². The van der Waals surface area contributed by atoms with Gasteiger partial charge in [-0.2, -0.15) is 0 Å². The third kappa shape index (κ3) is 2.39. The normalized spacial score (nSPS) is 12.7. The Morgan fingerprint density at radius 1 is 1.42 bits per heavy atom. The van der Waals surface area contributed by atoms with Gasteiger partial charge in [-0.3, -0.25) is 0 Å². The standard InChI is InChI=1S/C11H13N7S/c1-3-8-6-12-11(19-8)7(2)13-9-4-5-10-14-16-17-18(10)15-9/h4-7H,3H2,1-2H3,(H,13,15)/t7-/m0/s1. The molecule has 3 aromatic rings. The van der Waals surface area contributed by atoms with Gasteiger partial charge in [0.15, 0.2) is 5.65 Å². The maximum absolute atomic E-state index is 4.42. The van der Waals surface area contributed by atoms with Gasteiger partial charge < -0.3 is 5.32 Å². The summed E-state index contributed by atoms with van der Waals surface area (Å²) in [5.74, 6) is 0.723. The van der Waals surface area contributed by atoms with Crippen LogP contribution >= 0.6 is 11.3 Å². The van der Waals surface area contributed by atoms with Crippen LogP contribution in [0.25, 0.3) is 5.65 Å². The molecule has 3 aromatic heterocycles. The molecule has 0 saturated carbocycles. The molecule has 0 bridgehead atoms. The second-order valence-electron chi connectivity index (χ2n) is 4.13. The summed E-state index contributed by atoms with van der Waals surface area (Å²) in [6, 6.07) is 3.78. The van der Waals surface area contributed by atoms with Gasteiger partial charge in [0.05, 0.1) is 6.04 Å². The number of aromatic nitrogens is 6. The maximum Gasteiger partial charge on any atom is 0.200 e. The van der Waals surface area contributed by atoms with Crippen molar-refractivity contribution in [2.75, 3.05) is 5.32 Å². The Morgan fingerprint density at radius 3 is 3.11 bits per heavy atom. The van der Waals surface area contributed by atoms with Gasteiger partial charge in [0.2, 0.25) is 0 Å². The summed E-state index contributed by atoms with van der Waals surface area (Å²) in [6.45, 7) is 4.19. The SMILES string of the molecule is CCc1cnc([C@H](C)Nc2ccc3nnnn3n2)s1. The molecule has 0 fully saturated rings. The van der Waals surface area contributed by atoms with Crippen molar-refractivity contribution in [2.45, 2.75) is 26.3 Å². The molecule has 0 aromatic carbocycles. The zero-order valence-electron chi connectivity index (χ0n) is 10.6. The molecular weight excluding hydrogens is 262 g/mol. The first-order chi connectivity index (χ1) is 9.26. The zero-order chi connectivity index (χ0) is 13.2. The minimum absolute atomic E-state index is 0.103. The molecule has 0 aliphatic rings. The van der Waals surface area contributed by atoms with Crippen LogP contribution in [0.4, 0.5) is 5.82 Å². The Morgan fingerprint density at radius 2 is 2.32 bits per heavy atom. The second-order valence-corrected chi connectivity index (χ2v) is 5.28. The summed E-state index contributed by atoms with van der Waals surface area (Å²) in [5, 5.41) is 19.8. The number of nitrogens with one attached hydrogen (secondary N) is 1. The molecule has 0 unspecified atom stereocenters. The highest BCUT2D eigenvalue weighted by molar-refractivity contribution is 7.11. The van der Waals surface area contributed by atoms with E-state index < -0.39 is 0 Å². The molecule has 0 radical (unpaired) electrons. The van der Waals surface area contributed by atoms with E-state index in [0.29, 0.717) is 5.65 Å². The van der Waals surface area contributed by atoms with Crippen LogP contribution in [0.2, 0.25) is 0 Å². The van der Waals surface area contributed by atoms with E-state index in [9.17, 15) is 0 Å². The van der Waals surface area contributed by atoms with Gasteiger partial charge >= 0.3 is 0 Å². The summed E-state index contributed by atoms with van der Waals surface area (Å²) in [5.41, 5.74) is 0.626. The van der Waals surface area contributed by atoms with E-state index in [1.807, 2.05) is 18.3 Å². The van der Waals surface area contributed by atoms with E-state index in [-0.39, 0.29) is 6.04 Å². The van der Waals surface area contributed by atoms with Gasteiger partial charge in [-0.1, -0.05) is 6.92 Å². The van der Waals surface area contributed by atoms with Crippen molar-refractivity contribution >= 4 is 22.8 Å². The van der Waals surface area contributed by atoms with Crippen molar-refractivity contribution in [3.63, 3.8) is 0 Å². The van der Waals surface area contributed by atoms with Crippen LogP contribution in [0.1, 0.15) is 29.8 Å². The lowest BCUT2D eigenvalue weighted by atomic mass is 10.3. The van der Waals surface area contributed by atoms with Crippen molar-refractivity contribution in [1.82, 2.24) is 30.2 Å². The second kappa shape index (κ2) is 4.88. The molecule has 1 atom stereocenters. The first kappa shape index (κ1) is 12.0. The summed E-state index contributed by atoms with van der Waals surface area (Å²) < 4.78 is 1.40. The molecule has 0 aliphatic heterocycles. The smallest absolute Gasteiger partial charge is 0.200 e. The average molecular weight is 275 g/mol. The topological polar surface area (TPSA) is 80.9 Å². The molecule has 0 saturated heterocycles. The number of aryl methyl sites for hydroxylation is 1. The average Bonchev–Trinajstić information content (AvgIpc) is 3.06. The minimum atomic E-state index is 0.103. The number of fused-ring (bicyclic) bond motifs is 1. The van der Waals surface area contributed by atoms with E-state index in [2.05, 4.69) is 44.8 Å². The zero-order valence-corrected chi connectivity index (χ0v) is 11.4. The van der Waals surface area contributed by atoms with Gasteiger partial charge in [0.1, 0.15) is 10.8 Å². The third-order valence-corrected chi connectivity index (χ3v) is 4.05. The highest BCUT2D eigenvalue weighted by Crippen LogP contribution is 2.23. The van der Waals surface area contributed by atoms with Gasteiger partial charge in [-0.15, -0.1) is 26.2 Å². The molecule has 0 amide bonds. The van der Waals surface area contributed by atoms with Crippen LogP contribution in [0.15, 0.2) is 18.3 Å². The number of nitrogens with zero attached hydrogens (tertiary/aromatic N) is 6. The van der Waals surface area contributed by atoms with E-state index in [1.165, 1.54) is 9.51 Å². The van der Waals surface area contributed by atoms with Crippen LogP contribution in [-0.4, -0.2) is 30.2 Å². The van der Waals surface area contributed by atoms with Crippen molar-refractivity contribution < 1.29 is 0 Å². The van der Waals surface area contributed by atoms with E-state index in [4.69, 9.17) is 0 Å². The van der Waals surface area contributed by atoms with Gasteiger partial charge in [0.25, 0.3) is 0 Å². The fraction of sp³-hybridized carbons (Fsp3) is 0.364. The summed E-state index contributed by atoms with van der Waals surface area (Å²) in [7, 11) is 0. The first-order valence-electron chi connectivity index (χ1n) is 6.03. The monoisotopic (exact) mass is 275 g/mol. The van der Waals surface area contributed by atoms with Crippen LogP contribution in [0.5, 0.6) is 0 Å².